The van der Waals surface area contributed by atoms with Crippen LogP contribution in [0, 0.1) is 5.92 Å². The summed E-state index contributed by atoms with van der Waals surface area (Å²) in [6.07, 6.45) is 2.37. The lowest BCUT2D eigenvalue weighted by atomic mass is 10.0. The van der Waals surface area contributed by atoms with E-state index in [1.165, 1.54) is 0 Å². The third-order valence-electron chi connectivity index (χ3n) is 5.64. The van der Waals surface area contributed by atoms with E-state index in [4.69, 9.17) is 4.74 Å². The van der Waals surface area contributed by atoms with E-state index < -0.39 is 0 Å². The molecule has 2 heterocycles. The number of fused-ring (bicyclic) bond motifs is 1. The zero-order valence-electron chi connectivity index (χ0n) is 17.4. The van der Waals surface area contributed by atoms with Gasteiger partial charge in [-0.25, -0.2) is 0 Å². The van der Waals surface area contributed by atoms with E-state index in [9.17, 15) is 9.59 Å². The molecule has 2 aliphatic rings. The predicted molar refractivity (Wildman–Crippen MR) is 111 cm³/mol. The van der Waals surface area contributed by atoms with Gasteiger partial charge in [0.05, 0.1) is 13.2 Å². The Labute approximate surface area is 168 Å². The minimum absolute atomic E-state index is 0.0370. The number of hydrogen-bond acceptors (Lipinski definition) is 4. The monoisotopic (exact) mass is 387 g/mol. The van der Waals surface area contributed by atoms with Crippen LogP contribution in [0.5, 0.6) is 0 Å². The van der Waals surface area contributed by atoms with Gasteiger partial charge in [0.25, 0.3) is 5.91 Å². The van der Waals surface area contributed by atoms with Crippen LogP contribution in [0.15, 0.2) is 18.2 Å². The number of morpholine rings is 1. The fraction of sp³-hybridized carbons (Fsp3) is 0.636. The maximum atomic E-state index is 12.8. The Balaban J connectivity index is 1.63. The first-order valence-electron chi connectivity index (χ1n) is 10.5. The lowest BCUT2D eigenvalue weighted by molar-refractivity contribution is -0.118. The van der Waals surface area contributed by atoms with Gasteiger partial charge in [0.1, 0.15) is 0 Å². The largest absolute Gasteiger partial charge is 0.379 e. The van der Waals surface area contributed by atoms with Crippen molar-refractivity contribution in [1.82, 2.24) is 10.2 Å². The highest BCUT2D eigenvalue weighted by molar-refractivity contribution is 5.98. The molecule has 0 bridgehead atoms. The normalized spacial score (nSPS) is 18.2. The molecule has 154 valence electrons. The lowest BCUT2D eigenvalue weighted by Crippen LogP contribution is -2.49. The number of nitrogens with one attached hydrogen (secondary N) is 1. The summed E-state index contributed by atoms with van der Waals surface area (Å²) >= 11 is 0. The molecule has 0 aromatic heterocycles. The number of ether oxygens (including phenoxy) is 1. The molecular weight excluding hydrogens is 354 g/mol. The Morgan fingerprint density at radius 2 is 1.93 bits per heavy atom. The highest BCUT2D eigenvalue weighted by atomic mass is 16.5. The summed E-state index contributed by atoms with van der Waals surface area (Å²) in [5, 5.41) is 3.14. The van der Waals surface area contributed by atoms with Gasteiger partial charge in [0, 0.05) is 49.9 Å². The molecule has 1 aromatic carbocycles. The molecule has 2 amide bonds. The summed E-state index contributed by atoms with van der Waals surface area (Å²) in [7, 11) is 0. The van der Waals surface area contributed by atoms with Crippen LogP contribution in [0.4, 0.5) is 5.69 Å². The number of carbonyl (C=O) groups is 2. The molecule has 6 nitrogen and oxygen atoms in total. The predicted octanol–water partition coefficient (Wildman–Crippen LogP) is 2.46. The Morgan fingerprint density at radius 1 is 1.18 bits per heavy atom. The van der Waals surface area contributed by atoms with Crippen molar-refractivity contribution >= 4 is 17.5 Å². The van der Waals surface area contributed by atoms with Crippen LogP contribution >= 0.6 is 0 Å². The van der Waals surface area contributed by atoms with E-state index in [0.29, 0.717) is 37.0 Å². The van der Waals surface area contributed by atoms with Crippen molar-refractivity contribution in [3.63, 3.8) is 0 Å². The van der Waals surface area contributed by atoms with Crippen molar-refractivity contribution in [2.45, 2.75) is 46.1 Å². The molecule has 1 unspecified atom stereocenters. The molecule has 3 rings (SSSR count). The van der Waals surface area contributed by atoms with Gasteiger partial charge >= 0.3 is 0 Å². The number of anilines is 1. The molecule has 6 heteroatoms. The summed E-state index contributed by atoms with van der Waals surface area (Å²) in [4.78, 5) is 29.1. The Bertz CT molecular complexity index is 698. The highest BCUT2D eigenvalue weighted by Gasteiger charge is 2.25. The number of carbonyl (C=O) groups excluding carboxylic acids is 2. The van der Waals surface area contributed by atoms with Crippen molar-refractivity contribution in [3.8, 4) is 0 Å². The molecular formula is C22H33N3O3. The molecule has 1 saturated heterocycles. The van der Waals surface area contributed by atoms with Gasteiger partial charge in [0.15, 0.2) is 0 Å². The van der Waals surface area contributed by atoms with E-state index in [0.717, 1.165) is 50.4 Å². The second kappa shape index (κ2) is 9.52. The maximum absolute atomic E-state index is 12.8. The van der Waals surface area contributed by atoms with Crippen molar-refractivity contribution in [2.75, 3.05) is 44.3 Å². The van der Waals surface area contributed by atoms with Gasteiger partial charge in [-0.15, -0.1) is 0 Å². The van der Waals surface area contributed by atoms with Gasteiger partial charge in [0.2, 0.25) is 5.91 Å². The SMILES string of the molecule is CCC(=O)N1CCc2cc(C(=O)NCC(CC(C)C)N3CCOCC3)ccc21. The van der Waals surface area contributed by atoms with E-state index >= 15 is 0 Å². The lowest BCUT2D eigenvalue weighted by Gasteiger charge is -2.35. The molecule has 1 fully saturated rings. The molecule has 1 atom stereocenters. The van der Waals surface area contributed by atoms with Crippen LogP contribution in [-0.4, -0.2) is 62.1 Å². The summed E-state index contributed by atoms with van der Waals surface area (Å²) in [6.45, 7) is 11.1. The first-order chi connectivity index (χ1) is 13.5. The highest BCUT2D eigenvalue weighted by Crippen LogP contribution is 2.29. The number of nitrogens with zero attached hydrogens (tertiary/aromatic N) is 2. The second-order valence-corrected chi connectivity index (χ2v) is 8.13. The summed E-state index contributed by atoms with van der Waals surface area (Å²) in [5.41, 5.74) is 2.71. The van der Waals surface area contributed by atoms with E-state index in [1.807, 2.05) is 30.0 Å². The molecule has 0 radical (unpaired) electrons. The van der Waals surface area contributed by atoms with Crippen LogP contribution in [-0.2, 0) is 16.0 Å². The Kier molecular flexibility index (Phi) is 7.08. The van der Waals surface area contributed by atoms with Crippen molar-refractivity contribution in [1.29, 1.82) is 0 Å². The zero-order chi connectivity index (χ0) is 20.1. The minimum Gasteiger partial charge on any atom is -0.379 e. The third-order valence-corrected chi connectivity index (χ3v) is 5.64. The average Bonchev–Trinajstić information content (AvgIpc) is 3.14. The molecule has 0 aliphatic carbocycles. The van der Waals surface area contributed by atoms with Crippen LogP contribution in [0.3, 0.4) is 0 Å². The van der Waals surface area contributed by atoms with Crippen molar-refractivity contribution in [2.24, 2.45) is 5.92 Å². The Morgan fingerprint density at radius 3 is 2.61 bits per heavy atom. The van der Waals surface area contributed by atoms with Gasteiger partial charge in [-0.1, -0.05) is 20.8 Å². The van der Waals surface area contributed by atoms with Crippen molar-refractivity contribution in [3.05, 3.63) is 29.3 Å². The van der Waals surface area contributed by atoms with Crippen LogP contribution in [0.25, 0.3) is 0 Å². The van der Waals surface area contributed by atoms with E-state index in [2.05, 4.69) is 24.1 Å². The van der Waals surface area contributed by atoms with Crippen LogP contribution < -0.4 is 10.2 Å². The third kappa shape index (κ3) is 4.92. The van der Waals surface area contributed by atoms with E-state index in [-0.39, 0.29) is 11.8 Å². The molecule has 1 N–H and O–H groups in total. The molecule has 28 heavy (non-hydrogen) atoms. The van der Waals surface area contributed by atoms with Gasteiger partial charge in [-0.3, -0.25) is 14.5 Å². The van der Waals surface area contributed by atoms with Gasteiger partial charge < -0.3 is 15.0 Å². The summed E-state index contributed by atoms with van der Waals surface area (Å²) < 4.78 is 5.47. The van der Waals surface area contributed by atoms with Crippen LogP contribution in [0.1, 0.15) is 49.5 Å². The number of amides is 2. The minimum atomic E-state index is -0.0370. The van der Waals surface area contributed by atoms with E-state index in [1.54, 1.807) is 0 Å². The topological polar surface area (TPSA) is 61.9 Å². The molecule has 1 aromatic rings. The van der Waals surface area contributed by atoms with Gasteiger partial charge in [-0.2, -0.15) is 0 Å². The van der Waals surface area contributed by atoms with Crippen LogP contribution in [0.2, 0.25) is 0 Å². The molecule has 0 spiro atoms. The summed E-state index contributed by atoms with van der Waals surface area (Å²) in [6, 6.07) is 6.03. The second-order valence-electron chi connectivity index (χ2n) is 8.13. The fourth-order valence-electron chi connectivity index (χ4n) is 4.15. The summed E-state index contributed by atoms with van der Waals surface area (Å²) in [5.74, 6) is 0.676. The van der Waals surface area contributed by atoms with Gasteiger partial charge in [-0.05, 0) is 42.5 Å². The standard InChI is InChI=1S/C22H33N3O3/c1-4-21(26)25-8-7-17-14-18(5-6-20(17)25)22(27)23-15-19(13-16(2)3)24-9-11-28-12-10-24/h5-6,14,16,19H,4,7-13,15H2,1-3H3,(H,23,27). The first kappa shape index (κ1) is 20.8. The molecule has 2 aliphatic heterocycles. The number of rotatable bonds is 7. The number of hydrogen-bond donors (Lipinski definition) is 1. The number of benzene rings is 1. The molecule has 0 saturated carbocycles. The van der Waals surface area contributed by atoms with Crippen molar-refractivity contribution < 1.29 is 14.3 Å². The quantitative estimate of drug-likeness (QED) is 0.781. The first-order valence-corrected chi connectivity index (χ1v) is 10.5. The Hall–Kier alpha value is -1.92. The maximum Gasteiger partial charge on any atom is 0.251 e. The fourth-order valence-corrected chi connectivity index (χ4v) is 4.15. The smallest absolute Gasteiger partial charge is 0.251 e. The average molecular weight is 388 g/mol. The zero-order valence-corrected chi connectivity index (χ0v) is 17.4.